The summed E-state index contributed by atoms with van der Waals surface area (Å²) in [7, 11) is 3.56. The zero-order chi connectivity index (χ0) is 15.1. The molecule has 0 bridgehead atoms. The van der Waals surface area contributed by atoms with E-state index in [0.29, 0.717) is 13.1 Å². The van der Waals surface area contributed by atoms with Gasteiger partial charge in [-0.1, -0.05) is 13.8 Å². The standard InChI is InChI=1S/C14H23N3O3.ClH/c1-10(2)12(14(19)17(4)8-7-15-3)16-13(18)11-6-5-9-20-11;/h5-6,9-10,12,15H,7-8H2,1-4H3,(H,16,18);1H. The molecule has 0 spiro atoms. The number of hydrogen-bond acceptors (Lipinski definition) is 4. The lowest BCUT2D eigenvalue weighted by Gasteiger charge is -2.26. The van der Waals surface area contributed by atoms with Crippen LogP contribution in [0.25, 0.3) is 0 Å². The number of carbonyl (C=O) groups is 2. The van der Waals surface area contributed by atoms with E-state index in [9.17, 15) is 9.59 Å². The molecule has 21 heavy (non-hydrogen) atoms. The van der Waals surface area contributed by atoms with Gasteiger partial charge in [0.2, 0.25) is 5.91 Å². The van der Waals surface area contributed by atoms with Gasteiger partial charge in [0.1, 0.15) is 6.04 Å². The molecule has 0 aliphatic rings. The number of nitrogens with zero attached hydrogens (tertiary/aromatic N) is 1. The zero-order valence-electron chi connectivity index (χ0n) is 12.9. The van der Waals surface area contributed by atoms with Gasteiger partial charge in [-0.3, -0.25) is 9.59 Å². The zero-order valence-corrected chi connectivity index (χ0v) is 13.7. The Morgan fingerprint density at radius 1 is 1.38 bits per heavy atom. The van der Waals surface area contributed by atoms with Crippen molar-refractivity contribution in [2.75, 3.05) is 27.2 Å². The summed E-state index contributed by atoms with van der Waals surface area (Å²) in [6.07, 6.45) is 1.43. The maximum atomic E-state index is 12.3. The van der Waals surface area contributed by atoms with Crippen LogP contribution in [0.1, 0.15) is 24.4 Å². The van der Waals surface area contributed by atoms with Gasteiger partial charge >= 0.3 is 0 Å². The number of nitrogens with one attached hydrogen (secondary N) is 2. The molecule has 1 aromatic heterocycles. The minimum absolute atomic E-state index is 0. The summed E-state index contributed by atoms with van der Waals surface area (Å²) in [6.45, 7) is 5.10. The molecule has 0 saturated heterocycles. The molecule has 0 aromatic carbocycles. The van der Waals surface area contributed by atoms with Crippen LogP contribution in [0, 0.1) is 5.92 Å². The largest absolute Gasteiger partial charge is 0.459 e. The number of amides is 2. The Kier molecular flexibility index (Phi) is 8.73. The summed E-state index contributed by atoms with van der Waals surface area (Å²) in [5.74, 6) is -0.265. The summed E-state index contributed by atoms with van der Waals surface area (Å²) in [5.41, 5.74) is 0. The first kappa shape index (κ1) is 19.5. The van der Waals surface area contributed by atoms with Gasteiger partial charge in [-0.25, -0.2) is 0 Å². The predicted molar refractivity (Wildman–Crippen MR) is 83.6 cm³/mol. The van der Waals surface area contributed by atoms with E-state index in [1.165, 1.54) is 6.26 Å². The molecule has 1 heterocycles. The lowest BCUT2D eigenvalue weighted by atomic mass is 10.0. The quantitative estimate of drug-likeness (QED) is 0.790. The van der Waals surface area contributed by atoms with E-state index in [1.54, 1.807) is 24.1 Å². The van der Waals surface area contributed by atoms with Gasteiger partial charge in [-0.05, 0) is 25.1 Å². The second-order valence-corrected chi connectivity index (χ2v) is 5.04. The molecule has 1 aromatic rings. The molecule has 0 radical (unpaired) electrons. The summed E-state index contributed by atoms with van der Waals surface area (Å²) >= 11 is 0. The smallest absolute Gasteiger partial charge is 0.287 e. The lowest BCUT2D eigenvalue weighted by Crippen LogP contribution is -2.51. The Labute approximate surface area is 131 Å². The Bertz CT molecular complexity index is 435. The van der Waals surface area contributed by atoms with Crippen LogP contribution >= 0.6 is 12.4 Å². The molecule has 1 atom stereocenters. The molecule has 1 unspecified atom stereocenters. The molecule has 2 amide bonds. The Balaban J connectivity index is 0.00000400. The highest BCUT2D eigenvalue weighted by molar-refractivity contribution is 5.95. The molecule has 0 aliphatic heterocycles. The number of halogens is 1. The minimum atomic E-state index is -0.561. The monoisotopic (exact) mass is 317 g/mol. The van der Waals surface area contributed by atoms with Crippen LogP contribution in [0.15, 0.2) is 22.8 Å². The van der Waals surface area contributed by atoms with E-state index < -0.39 is 6.04 Å². The second kappa shape index (κ2) is 9.41. The molecule has 7 heteroatoms. The molecule has 2 N–H and O–H groups in total. The number of rotatable bonds is 7. The summed E-state index contributed by atoms with van der Waals surface area (Å²) < 4.78 is 5.03. The van der Waals surface area contributed by atoms with E-state index in [2.05, 4.69) is 10.6 Å². The van der Waals surface area contributed by atoms with E-state index >= 15 is 0 Å². The molecule has 0 saturated carbocycles. The summed E-state index contributed by atoms with van der Waals surface area (Å²) in [5, 5.41) is 5.72. The van der Waals surface area contributed by atoms with Crippen LogP contribution in [0.5, 0.6) is 0 Å². The lowest BCUT2D eigenvalue weighted by molar-refractivity contribution is -0.132. The summed E-state index contributed by atoms with van der Waals surface area (Å²) in [4.78, 5) is 25.9. The topological polar surface area (TPSA) is 74.6 Å². The second-order valence-electron chi connectivity index (χ2n) is 5.04. The molecule has 0 fully saturated rings. The van der Waals surface area contributed by atoms with Crippen molar-refractivity contribution in [3.05, 3.63) is 24.2 Å². The van der Waals surface area contributed by atoms with Crippen LogP contribution in [0.2, 0.25) is 0 Å². The fourth-order valence-corrected chi connectivity index (χ4v) is 1.76. The van der Waals surface area contributed by atoms with Crippen molar-refractivity contribution < 1.29 is 14.0 Å². The van der Waals surface area contributed by atoms with Crippen molar-refractivity contribution in [3.63, 3.8) is 0 Å². The van der Waals surface area contributed by atoms with Gasteiger partial charge < -0.3 is 20.0 Å². The van der Waals surface area contributed by atoms with E-state index in [0.717, 1.165) is 0 Å². The van der Waals surface area contributed by atoms with Gasteiger partial charge in [0.15, 0.2) is 5.76 Å². The van der Waals surface area contributed by atoms with Crippen LogP contribution in [-0.4, -0.2) is 49.9 Å². The molecule has 0 aliphatic carbocycles. The highest BCUT2D eigenvalue weighted by atomic mass is 35.5. The molecular weight excluding hydrogens is 294 g/mol. The number of carbonyl (C=O) groups excluding carboxylic acids is 2. The van der Waals surface area contributed by atoms with Crippen molar-refractivity contribution in [2.45, 2.75) is 19.9 Å². The molecule has 6 nitrogen and oxygen atoms in total. The van der Waals surface area contributed by atoms with Crippen molar-refractivity contribution >= 4 is 24.2 Å². The van der Waals surface area contributed by atoms with Crippen LogP contribution in [0.4, 0.5) is 0 Å². The van der Waals surface area contributed by atoms with Gasteiger partial charge in [0, 0.05) is 20.1 Å². The molecule has 1 rings (SSSR count). The van der Waals surface area contributed by atoms with Gasteiger partial charge in [0.05, 0.1) is 6.26 Å². The molecule has 120 valence electrons. The van der Waals surface area contributed by atoms with Crippen molar-refractivity contribution in [1.82, 2.24) is 15.5 Å². The van der Waals surface area contributed by atoms with Crippen LogP contribution in [-0.2, 0) is 4.79 Å². The molecular formula is C14H24ClN3O3. The average molecular weight is 318 g/mol. The van der Waals surface area contributed by atoms with Gasteiger partial charge in [-0.15, -0.1) is 12.4 Å². The normalized spacial score (nSPS) is 11.7. The van der Waals surface area contributed by atoms with E-state index in [-0.39, 0.29) is 35.9 Å². The third kappa shape index (κ3) is 5.77. The summed E-state index contributed by atoms with van der Waals surface area (Å²) in [6, 6.07) is 2.65. The van der Waals surface area contributed by atoms with Gasteiger partial charge in [0.25, 0.3) is 5.91 Å². The first-order valence-electron chi connectivity index (χ1n) is 6.71. The third-order valence-corrected chi connectivity index (χ3v) is 3.04. The van der Waals surface area contributed by atoms with E-state index in [1.807, 2.05) is 20.9 Å². The number of hydrogen-bond donors (Lipinski definition) is 2. The number of likely N-dealkylation sites (N-methyl/N-ethyl adjacent to an activating group) is 2. The number of furan rings is 1. The average Bonchev–Trinajstić information content (AvgIpc) is 2.94. The maximum absolute atomic E-state index is 12.3. The first-order chi connectivity index (χ1) is 9.47. The fraction of sp³-hybridized carbons (Fsp3) is 0.571. The van der Waals surface area contributed by atoms with Crippen LogP contribution < -0.4 is 10.6 Å². The van der Waals surface area contributed by atoms with Crippen molar-refractivity contribution in [3.8, 4) is 0 Å². The van der Waals surface area contributed by atoms with Crippen molar-refractivity contribution in [2.24, 2.45) is 5.92 Å². The highest BCUT2D eigenvalue weighted by Gasteiger charge is 2.27. The van der Waals surface area contributed by atoms with E-state index in [4.69, 9.17) is 4.42 Å². The van der Waals surface area contributed by atoms with Crippen molar-refractivity contribution in [1.29, 1.82) is 0 Å². The van der Waals surface area contributed by atoms with Gasteiger partial charge in [-0.2, -0.15) is 0 Å². The fourth-order valence-electron chi connectivity index (χ4n) is 1.76. The highest BCUT2D eigenvalue weighted by Crippen LogP contribution is 2.08. The Hall–Kier alpha value is -1.53. The Morgan fingerprint density at radius 3 is 2.52 bits per heavy atom. The predicted octanol–water partition coefficient (Wildman–Crippen LogP) is 1.13. The SMILES string of the molecule is CNCCN(C)C(=O)C(NC(=O)c1ccco1)C(C)C.Cl. The Morgan fingerprint density at radius 2 is 2.05 bits per heavy atom. The van der Waals surface area contributed by atoms with Crippen LogP contribution in [0.3, 0.4) is 0 Å². The maximum Gasteiger partial charge on any atom is 0.287 e. The minimum Gasteiger partial charge on any atom is -0.459 e. The third-order valence-electron chi connectivity index (χ3n) is 3.04. The first-order valence-corrected chi connectivity index (χ1v) is 6.71.